The minimum Gasteiger partial charge on any atom is -0.497 e. The molecule has 2 bridgehead atoms. The molecule has 4 aliphatic rings. The number of nitrogens with one attached hydrogen (secondary N) is 2. The van der Waals surface area contributed by atoms with Gasteiger partial charge in [0.2, 0.25) is 11.8 Å². The van der Waals surface area contributed by atoms with E-state index in [-0.39, 0.29) is 58.1 Å². The number of nitrogens with zero attached hydrogens (tertiary/aromatic N) is 1. The monoisotopic (exact) mass is 767 g/mol. The van der Waals surface area contributed by atoms with Crippen molar-refractivity contribution in [1.82, 2.24) is 4.98 Å². The number of anilines is 2. The van der Waals surface area contributed by atoms with Gasteiger partial charge in [-0.2, -0.15) is 0 Å². The third kappa shape index (κ3) is 4.94. The number of imide groups is 1. The maximum Gasteiger partial charge on any atom is 0.305 e. The molecule has 3 heterocycles. The van der Waals surface area contributed by atoms with Gasteiger partial charge in [-0.25, -0.2) is 0 Å². The van der Waals surface area contributed by atoms with Crippen LogP contribution in [0.25, 0.3) is 10.8 Å². The number of aromatic nitrogens is 1. The van der Waals surface area contributed by atoms with E-state index in [0.29, 0.717) is 22.9 Å². The molecule has 2 aliphatic heterocycles. The highest BCUT2D eigenvalue weighted by atomic mass is 79.9. The van der Waals surface area contributed by atoms with Crippen LogP contribution in [0.3, 0.4) is 0 Å². The van der Waals surface area contributed by atoms with Crippen LogP contribution in [0, 0.1) is 29.6 Å². The van der Waals surface area contributed by atoms with Gasteiger partial charge in [0.1, 0.15) is 11.5 Å². The van der Waals surface area contributed by atoms with E-state index in [1.54, 1.807) is 43.1 Å². The Morgan fingerprint density at radius 3 is 2.52 bits per heavy atom. The van der Waals surface area contributed by atoms with E-state index in [0.717, 1.165) is 37.1 Å². The first-order chi connectivity index (χ1) is 24.3. The first-order valence-electron chi connectivity index (χ1n) is 16.4. The quantitative estimate of drug-likeness (QED) is 0.171. The molecule has 4 unspecified atom stereocenters. The molecule has 0 radical (unpaired) electrons. The number of hydrogen-bond donors (Lipinski definition) is 2. The summed E-state index contributed by atoms with van der Waals surface area (Å²) in [5, 5.41) is 5.78. The lowest BCUT2D eigenvalue weighted by Gasteiger charge is -2.43. The smallest absolute Gasteiger partial charge is 0.305 e. The van der Waals surface area contributed by atoms with E-state index in [1.165, 1.54) is 16.2 Å². The van der Waals surface area contributed by atoms with Gasteiger partial charge in [0.05, 0.1) is 29.7 Å². The Kier molecular flexibility index (Phi) is 7.67. The first kappa shape index (κ1) is 31.6. The molecule has 252 valence electrons. The summed E-state index contributed by atoms with van der Waals surface area (Å²) >= 11 is 6.47. The normalized spacial score (nSPS) is 26.1. The van der Waals surface area contributed by atoms with Crippen molar-refractivity contribution in [3.63, 3.8) is 0 Å². The summed E-state index contributed by atoms with van der Waals surface area (Å²) in [6.07, 6.45) is 0.763. The number of rotatable bonds is 7. The van der Waals surface area contributed by atoms with Crippen LogP contribution in [-0.2, 0) is 14.4 Å². The van der Waals surface area contributed by atoms with Crippen LogP contribution in [-0.4, -0.2) is 41.7 Å². The zero-order valence-electron chi connectivity index (χ0n) is 26.6. The number of aromatic amines is 1. The lowest BCUT2D eigenvalue weighted by Crippen LogP contribution is -2.42. The fourth-order valence-corrected chi connectivity index (χ4v) is 12.2. The number of amides is 3. The Bertz CT molecular complexity index is 2270. The summed E-state index contributed by atoms with van der Waals surface area (Å²) < 4.78 is 12.4. The van der Waals surface area contributed by atoms with Crippen molar-refractivity contribution in [2.24, 2.45) is 29.6 Å². The largest absolute Gasteiger partial charge is 0.497 e. The van der Waals surface area contributed by atoms with Crippen LogP contribution in [0.4, 0.5) is 11.4 Å². The number of hydrogen-bond acceptors (Lipinski definition) is 8. The van der Waals surface area contributed by atoms with Crippen LogP contribution < -0.4 is 24.6 Å². The molecule has 9 nitrogen and oxygen atoms in total. The highest BCUT2D eigenvalue weighted by Crippen LogP contribution is 2.69. The molecule has 0 spiro atoms. The Morgan fingerprint density at radius 2 is 1.72 bits per heavy atom. The van der Waals surface area contributed by atoms with Crippen LogP contribution in [0.2, 0.25) is 0 Å². The zero-order chi connectivity index (χ0) is 34.3. The molecule has 3 amide bonds. The minimum atomic E-state index is -0.445. The van der Waals surface area contributed by atoms with Gasteiger partial charge in [-0.05, 0) is 78.1 Å². The molecule has 4 aromatic carbocycles. The van der Waals surface area contributed by atoms with Crippen LogP contribution >= 0.6 is 39.0 Å². The van der Waals surface area contributed by atoms with Crippen LogP contribution in [0.15, 0.2) is 99.2 Å². The van der Waals surface area contributed by atoms with Crippen molar-refractivity contribution in [2.45, 2.75) is 22.6 Å². The second-order valence-electron chi connectivity index (χ2n) is 13.2. The Labute approximate surface area is 303 Å². The summed E-state index contributed by atoms with van der Waals surface area (Å²) in [6, 6.07) is 26.4. The standard InChI is InChI=1S/C38H30BrN3O6S2/c1-47-21-12-10-20(11-13-21)42-36(44)31-24-16-25(32(31)37(42)45)33-30(24)29(34-35(49-33)41-38(46)50-34)23-15-19(39)9-14-27(23)48-17-28(43)40-26-8-4-6-18-5-2-3-7-22(18)26/h2-15,24-25,29-33H,16-17H2,1H3,(H,40,43)(H,41,46)/t24-,25-,29-,30?,31?,32?,33?/m1/s1. The van der Waals surface area contributed by atoms with E-state index in [2.05, 4.69) is 26.2 Å². The maximum absolute atomic E-state index is 14.2. The Morgan fingerprint density at radius 1 is 0.960 bits per heavy atom. The van der Waals surface area contributed by atoms with Gasteiger partial charge in [-0.1, -0.05) is 63.7 Å². The lowest BCUT2D eigenvalue weighted by atomic mass is 9.68. The van der Waals surface area contributed by atoms with Gasteiger partial charge in [0.15, 0.2) is 6.61 Å². The number of halogens is 1. The minimum absolute atomic E-state index is 0.0121. The second-order valence-corrected chi connectivity index (χ2v) is 16.3. The maximum atomic E-state index is 14.2. The molecule has 9 rings (SSSR count). The highest BCUT2D eigenvalue weighted by molar-refractivity contribution is 9.10. The van der Waals surface area contributed by atoms with Crippen LogP contribution in [0.5, 0.6) is 11.5 Å². The van der Waals surface area contributed by atoms with Crippen molar-refractivity contribution in [3.05, 3.63) is 110 Å². The molecule has 2 saturated carbocycles. The van der Waals surface area contributed by atoms with E-state index < -0.39 is 11.8 Å². The number of methoxy groups -OCH3 is 1. The average molecular weight is 769 g/mol. The number of thioether (sulfide) groups is 1. The summed E-state index contributed by atoms with van der Waals surface area (Å²) in [5.41, 5.74) is 2.10. The molecule has 50 heavy (non-hydrogen) atoms. The molecule has 2 aliphatic carbocycles. The topological polar surface area (TPSA) is 118 Å². The number of thiazole rings is 1. The van der Waals surface area contributed by atoms with Crippen LogP contribution in [0.1, 0.15) is 22.8 Å². The number of H-pyrrole nitrogens is 1. The van der Waals surface area contributed by atoms with Crippen molar-refractivity contribution in [3.8, 4) is 11.5 Å². The highest BCUT2D eigenvalue weighted by Gasteiger charge is 2.70. The summed E-state index contributed by atoms with van der Waals surface area (Å²) in [5.74, 6) is -0.678. The summed E-state index contributed by atoms with van der Waals surface area (Å²) in [6.45, 7) is -0.218. The second kappa shape index (κ2) is 12.1. The third-order valence-electron chi connectivity index (χ3n) is 10.8. The molecular formula is C38H30BrN3O6S2. The van der Waals surface area contributed by atoms with Gasteiger partial charge in [-0.3, -0.25) is 24.1 Å². The van der Waals surface area contributed by atoms with E-state index >= 15 is 0 Å². The predicted molar refractivity (Wildman–Crippen MR) is 196 cm³/mol. The third-order valence-corrected chi connectivity index (χ3v) is 13.9. The predicted octanol–water partition coefficient (Wildman–Crippen LogP) is 7.06. The number of fused-ring (bicyclic) bond motifs is 10. The van der Waals surface area contributed by atoms with Crippen molar-refractivity contribution >= 4 is 78.9 Å². The molecule has 12 heteroatoms. The average Bonchev–Trinajstić information content (AvgIpc) is 3.86. The zero-order valence-corrected chi connectivity index (χ0v) is 29.8. The van der Waals surface area contributed by atoms with Gasteiger partial charge < -0.3 is 19.8 Å². The molecule has 2 N–H and O–H groups in total. The van der Waals surface area contributed by atoms with E-state index in [4.69, 9.17) is 9.47 Å². The molecule has 1 aromatic heterocycles. The summed E-state index contributed by atoms with van der Waals surface area (Å²) in [4.78, 5) is 59.5. The Hall–Kier alpha value is -4.39. The van der Waals surface area contributed by atoms with Crippen molar-refractivity contribution < 1.29 is 23.9 Å². The SMILES string of the molecule is COc1ccc(N2C(=O)C3C(C2=O)[C@@H]2C[C@H]3C3Sc4[nH]c(=O)sc4[C@H](c4cc(Br)ccc4OCC(=O)Nc4cccc5ccccc45)C32)cc1. The molecule has 5 aromatic rings. The molecule has 3 fully saturated rings. The van der Waals surface area contributed by atoms with E-state index in [1.807, 2.05) is 60.7 Å². The van der Waals surface area contributed by atoms with E-state index in [9.17, 15) is 19.2 Å². The van der Waals surface area contributed by atoms with Gasteiger partial charge in [-0.15, -0.1) is 11.8 Å². The number of benzene rings is 4. The summed E-state index contributed by atoms with van der Waals surface area (Å²) in [7, 11) is 1.58. The van der Waals surface area contributed by atoms with Crippen molar-refractivity contribution in [1.29, 1.82) is 0 Å². The number of ether oxygens (including phenoxy) is 2. The molecule has 7 atom stereocenters. The lowest BCUT2D eigenvalue weighted by molar-refractivity contribution is -0.123. The first-order valence-corrected chi connectivity index (χ1v) is 18.9. The van der Waals surface area contributed by atoms with Gasteiger partial charge in [0, 0.05) is 37.2 Å². The molecule has 1 saturated heterocycles. The number of carbonyl (C=O) groups is 3. The van der Waals surface area contributed by atoms with Gasteiger partial charge >= 0.3 is 4.87 Å². The number of carbonyl (C=O) groups excluding carboxylic acids is 3. The fourth-order valence-electron chi connectivity index (χ4n) is 8.91. The van der Waals surface area contributed by atoms with Gasteiger partial charge in [0.25, 0.3) is 5.91 Å². The Balaban J connectivity index is 1.04. The molecular weight excluding hydrogens is 738 g/mol. The fraction of sp³-hybridized carbons (Fsp3) is 0.263. The van der Waals surface area contributed by atoms with Crippen molar-refractivity contribution in [2.75, 3.05) is 23.9 Å².